The summed E-state index contributed by atoms with van der Waals surface area (Å²) in [5, 5.41) is 7.96. The predicted octanol–water partition coefficient (Wildman–Crippen LogP) is 2.52. The predicted molar refractivity (Wildman–Crippen MR) is 97.2 cm³/mol. The quantitative estimate of drug-likeness (QED) is 0.858. The summed E-state index contributed by atoms with van der Waals surface area (Å²) in [5.41, 5.74) is 1.15. The lowest BCUT2D eigenvalue weighted by Gasteiger charge is -2.31. The van der Waals surface area contributed by atoms with Crippen molar-refractivity contribution < 1.29 is 4.79 Å². The Morgan fingerprint density at radius 3 is 2.80 bits per heavy atom. The minimum absolute atomic E-state index is 0.0884. The number of halogens is 1. The normalized spacial score (nSPS) is 17.4. The van der Waals surface area contributed by atoms with E-state index in [-0.39, 0.29) is 17.9 Å². The van der Waals surface area contributed by atoms with E-state index in [0.717, 1.165) is 43.1 Å². The van der Waals surface area contributed by atoms with Gasteiger partial charge in [0.05, 0.1) is 6.04 Å². The monoisotopic (exact) mass is 361 g/mol. The molecule has 1 unspecified atom stereocenters. The molecule has 2 aromatic rings. The Bertz CT molecular complexity index is 683. The minimum Gasteiger partial charge on any atom is -0.354 e. The van der Waals surface area contributed by atoms with E-state index in [0.29, 0.717) is 6.54 Å². The highest BCUT2D eigenvalue weighted by Crippen LogP contribution is 2.22. The zero-order valence-corrected chi connectivity index (χ0v) is 15.2. The van der Waals surface area contributed by atoms with Crippen LogP contribution in [0.25, 0.3) is 0 Å². The maximum atomic E-state index is 12.4. The van der Waals surface area contributed by atoms with Crippen LogP contribution in [0.2, 0.25) is 5.02 Å². The van der Waals surface area contributed by atoms with E-state index in [9.17, 15) is 4.79 Å². The number of nitrogens with zero attached hydrogens (tertiary/aromatic N) is 4. The van der Waals surface area contributed by atoms with Crippen LogP contribution in [0, 0.1) is 5.92 Å². The van der Waals surface area contributed by atoms with Crippen molar-refractivity contribution in [2.75, 3.05) is 19.6 Å². The first-order valence-corrected chi connectivity index (χ1v) is 9.09. The molecule has 1 aromatic heterocycles. The molecule has 1 N–H and O–H groups in total. The van der Waals surface area contributed by atoms with E-state index in [1.165, 1.54) is 6.33 Å². The van der Waals surface area contributed by atoms with E-state index in [1.54, 1.807) is 11.0 Å². The number of hydrogen-bond acceptors (Lipinski definition) is 4. The number of benzene rings is 1. The van der Waals surface area contributed by atoms with Crippen molar-refractivity contribution in [1.82, 2.24) is 25.0 Å². The fourth-order valence-electron chi connectivity index (χ4n) is 3.15. The van der Waals surface area contributed by atoms with Crippen LogP contribution in [0.3, 0.4) is 0 Å². The lowest BCUT2D eigenvalue weighted by atomic mass is 9.95. The summed E-state index contributed by atoms with van der Waals surface area (Å²) in [6.45, 7) is 5.27. The van der Waals surface area contributed by atoms with Gasteiger partial charge in [0.25, 0.3) is 0 Å². The molecule has 0 spiro atoms. The molecule has 0 bridgehead atoms. The third-order valence-corrected chi connectivity index (χ3v) is 5.14. The van der Waals surface area contributed by atoms with Crippen molar-refractivity contribution in [3.8, 4) is 0 Å². The number of amides is 1. The van der Waals surface area contributed by atoms with Gasteiger partial charge in [-0.25, -0.2) is 9.67 Å². The molecule has 1 saturated heterocycles. The van der Waals surface area contributed by atoms with Crippen LogP contribution >= 0.6 is 11.6 Å². The number of piperidine rings is 1. The van der Waals surface area contributed by atoms with Gasteiger partial charge in [-0.15, -0.1) is 0 Å². The van der Waals surface area contributed by atoms with Gasteiger partial charge in [-0.2, -0.15) is 5.10 Å². The van der Waals surface area contributed by atoms with Crippen LogP contribution in [0.5, 0.6) is 0 Å². The Kier molecular flexibility index (Phi) is 6.04. The van der Waals surface area contributed by atoms with Crippen molar-refractivity contribution in [2.24, 2.45) is 5.92 Å². The summed E-state index contributed by atoms with van der Waals surface area (Å²) in [7, 11) is 0. The van der Waals surface area contributed by atoms with Gasteiger partial charge in [0, 0.05) is 24.0 Å². The van der Waals surface area contributed by atoms with Gasteiger partial charge in [-0.3, -0.25) is 9.69 Å². The standard InChI is InChI=1S/C18H24ClN5O/c1-14(24-13-20-12-22-24)10-21-18(25)15-6-8-23(9-7-15)11-16-4-2-3-5-17(16)19/h2-5,12-15H,6-11H2,1H3,(H,21,25). The number of hydrogen-bond donors (Lipinski definition) is 1. The molecule has 1 aromatic carbocycles. The average molecular weight is 362 g/mol. The van der Waals surface area contributed by atoms with Gasteiger partial charge in [-0.05, 0) is 44.5 Å². The van der Waals surface area contributed by atoms with Crippen molar-refractivity contribution in [3.05, 3.63) is 47.5 Å². The van der Waals surface area contributed by atoms with Crippen LogP contribution in [0.15, 0.2) is 36.9 Å². The second-order valence-corrected chi connectivity index (χ2v) is 7.02. The SMILES string of the molecule is CC(CNC(=O)C1CCN(Cc2ccccc2Cl)CC1)n1cncn1. The highest BCUT2D eigenvalue weighted by molar-refractivity contribution is 6.31. The summed E-state index contributed by atoms with van der Waals surface area (Å²) < 4.78 is 1.76. The smallest absolute Gasteiger partial charge is 0.223 e. The van der Waals surface area contributed by atoms with Crippen LogP contribution in [-0.2, 0) is 11.3 Å². The van der Waals surface area contributed by atoms with Crippen LogP contribution in [0.1, 0.15) is 31.4 Å². The Balaban J connectivity index is 1.42. The van der Waals surface area contributed by atoms with E-state index in [1.807, 2.05) is 25.1 Å². The number of carbonyl (C=O) groups excluding carboxylic acids is 1. The molecule has 0 radical (unpaired) electrons. The van der Waals surface area contributed by atoms with Gasteiger partial charge in [-0.1, -0.05) is 29.8 Å². The van der Waals surface area contributed by atoms with Crippen molar-refractivity contribution >= 4 is 17.5 Å². The number of likely N-dealkylation sites (tertiary alicyclic amines) is 1. The zero-order chi connectivity index (χ0) is 17.6. The molecule has 1 fully saturated rings. The highest BCUT2D eigenvalue weighted by atomic mass is 35.5. The first kappa shape index (κ1) is 17.9. The second-order valence-electron chi connectivity index (χ2n) is 6.61. The molecule has 1 aliphatic rings. The van der Waals surface area contributed by atoms with E-state index in [2.05, 4.69) is 26.4 Å². The third-order valence-electron chi connectivity index (χ3n) is 4.77. The van der Waals surface area contributed by atoms with Crippen molar-refractivity contribution in [3.63, 3.8) is 0 Å². The Morgan fingerprint density at radius 1 is 1.36 bits per heavy atom. The summed E-state index contributed by atoms with van der Waals surface area (Å²) in [5.74, 6) is 0.231. The van der Waals surface area contributed by atoms with Gasteiger partial charge in [0.2, 0.25) is 5.91 Å². The fourth-order valence-corrected chi connectivity index (χ4v) is 3.35. The largest absolute Gasteiger partial charge is 0.354 e. The fraction of sp³-hybridized carbons (Fsp3) is 0.500. The summed E-state index contributed by atoms with van der Waals surface area (Å²) in [4.78, 5) is 18.7. The van der Waals surface area contributed by atoms with Gasteiger partial charge in [0.15, 0.2) is 0 Å². The zero-order valence-electron chi connectivity index (χ0n) is 14.4. The maximum absolute atomic E-state index is 12.4. The number of rotatable bonds is 6. The molecule has 6 nitrogen and oxygen atoms in total. The van der Waals surface area contributed by atoms with Crippen LogP contribution < -0.4 is 5.32 Å². The van der Waals surface area contributed by atoms with Crippen molar-refractivity contribution in [2.45, 2.75) is 32.4 Å². The lowest BCUT2D eigenvalue weighted by Crippen LogP contribution is -2.41. The average Bonchev–Trinajstić information content (AvgIpc) is 3.17. The topological polar surface area (TPSA) is 63.1 Å². The molecule has 3 rings (SSSR count). The molecule has 2 heterocycles. The molecule has 0 saturated carbocycles. The van der Waals surface area contributed by atoms with Gasteiger partial charge >= 0.3 is 0 Å². The minimum atomic E-state index is 0.0884. The molecule has 134 valence electrons. The molecular formula is C18H24ClN5O. The number of nitrogens with one attached hydrogen (secondary N) is 1. The number of carbonyl (C=O) groups is 1. The van der Waals surface area contributed by atoms with Gasteiger partial charge < -0.3 is 5.32 Å². The Morgan fingerprint density at radius 2 is 2.12 bits per heavy atom. The maximum Gasteiger partial charge on any atom is 0.223 e. The van der Waals surface area contributed by atoms with Crippen LogP contribution in [-0.4, -0.2) is 45.2 Å². The molecule has 1 amide bonds. The Hall–Kier alpha value is -1.92. The van der Waals surface area contributed by atoms with Gasteiger partial charge in [0.1, 0.15) is 12.7 Å². The molecule has 7 heteroatoms. The highest BCUT2D eigenvalue weighted by Gasteiger charge is 2.25. The summed E-state index contributed by atoms with van der Waals surface area (Å²) in [6.07, 6.45) is 4.94. The van der Waals surface area contributed by atoms with Crippen molar-refractivity contribution in [1.29, 1.82) is 0 Å². The van der Waals surface area contributed by atoms with E-state index < -0.39 is 0 Å². The van der Waals surface area contributed by atoms with Crippen LogP contribution in [0.4, 0.5) is 0 Å². The summed E-state index contributed by atoms with van der Waals surface area (Å²) in [6, 6.07) is 8.05. The first-order valence-electron chi connectivity index (χ1n) is 8.71. The lowest BCUT2D eigenvalue weighted by molar-refractivity contribution is -0.126. The van der Waals surface area contributed by atoms with E-state index >= 15 is 0 Å². The molecule has 0 aliphatic carbocycles. The third kappa shape index (κ3) is 4.80. The first-order chi connectivity index (χ1) is 12.1. The molecule has 1 aliphatic heterocycles. The molecule has 25 heavy (non-hydrogen) atoms. The molecular weight excluding hydrogens is 338 g/mol. The number of aromatic nitrogens is 3. The molecule has 1 atom stereocenters. The second kappa shape index (κ2) is 8.45. The Labute approximate surface area is 153 Å². The van der Waals surface area contributed by atoms with E-state index in [4.69, 9.17) is 11.6 Å². The summed E-state index contributed by atoms with van der Waals surface area (Å²) >= 11 is 6.23.